The molecule has 164 valence electrons. The molecule has 4 aliphatic carbocycles. The Morgan fingerprint density at radius 3 is 2.41 bits per heavy atom. The second kappa shape index (κ2) is 7.52. The van der Waals surface area contributed by atoms with E-state index in [1.807, 2.05) is 11.1 Å². The Balaban J connectivity index is 1.57. The maximum atomic E-state index is 12.3. The third-order valence-corrected chi connectivity index (χ3v) is 10.7. The summed E-state index contributed by atoms with van der Waals surface area (Å²) in [5.41, 5.74) is 4.75. The normalized spacial score (nSPS) is 43.2. The molecule has 1 nitrogen and oxygen atoms in total. The van der Waals surface area contributed by atoms with Crippen LogP contribution in [0, 0.1) is 39.9 Å². The van der Waals surface area contributed by atoms with E-state index >= 15 is 0 Å². The highest BCUT2D eigenvalue weighted by molar-refractivity contribution is 5.80. The van der Waals surface area contributed by atoms with Gasteiger partial charge in [0.25, 0.3) is 0 Å². The third-order valence-electron chi connectivity index (χ3n) is 10.7. The molecule has 1 heteroatoms. The maximum absolute atomic E-state index is 12.3. The van der Waals surface area contributed by atoms with Crippen LogP contribution in [0.1, 0.15) is 119 Å². The van der Waals surface area contributed by atoms with E-state index in [1.165, 1.54) is 57.8 Å². The lowest BCUT2D eigenvalue weighted by Gasteiger charge is -2.59. The van der Waals surface area contributed by atoms with Crippen LogP contribution in [0.25, 0.3) is 0 Å². The Bertz CT molecular complexity index is 686. The van der Waals surface area contributed by atoms with Gasteiger partial charge in [0.05, 0.1) is 0 Å². The lowest BCUT2D eigenvalue weighted by Crippen LogP contribution is -2.50. The summed E-state index contributed by atoms with van der Waals surface area (Å²) in [6, 6.07) is 0. The van der Waals surface area contributed by atoms with Crippen LogP contribution in [0.5, 0.6) is 0 Å². The number of carbonyl (C=O) groups excluding carboxylic acids is 1. The molecule has 0 aliphatic heterocycles. The van der Waals surface area contributed by atoms with Crippen molar-refractivity contribution in [2.24, 2.45) is 39.9 Å². The highest BCUT2D eigenvalue weighted by Crippen LogP contribution is 2.68. The number of fused-ring (bicyclic) bond motifs is 4. The van der Waals surface area contributed by atoms with Gasteiger partial charge in [-0.05, 0) is 84.9 Å². The van der Waals surface area contributed by atoms with E-state index in [2.05, 4.69) is 41.5 Å². The van der Waals surface area contributed by atoms with E-state index in [0.717, 1.165) is 42.9 Å². The number of ketones is 1. The van der Waals surface area contributed by atoms with E-state index in [4.69, 9.17) is 0 Å². The Kier molecular flexibility index (Phi) is 5.61. The molecule has 0 radical (unpaired) electrons. The van der Waals surface area contributed by atoms with E-state index < -0.39 is 0 Å². The van der Waals surface area contributed by atoms with Gasteiger partial charge in [0.1, 0.15) is 5.78 Å². The Morgan fingerprint density at radius 2 is 1.69 bits per heavy atom. The minimum atomic E-state index is 0.219. The summed E-state index contributed by atoms with van der Waals surface area (Å²) in [4.78, 5) is 12.3. The SMILES string of the molecule is CC(C)CCC[C@@H](C)[C@H]1CC[C@H]2C3=C(CC[C@]12C)[C@@]1(C)CCC(=O)C[C@]1(C)CC3. The monoisotopic (exact) mass is 398 g/mol. The first-order valence-corrected chi connectivity index (χ1v) is 12.8. The summed E-state index contributed by atoms with van der Waals surface area (Å²) in [6.45, 7) is 14.9. The molecule has 2 fully saturated rings. The first kappa shape index (κ1) is 21.6. The lowest BCUT2D eigenvalue weighted by atomic mass is 9.45. The predicted octanol–water partition coefficient (Wildman–Crippen LogP) is 8.13. The van der Waals surface area contributed by atoms with Gasteiger partial charge in [-0.25, -0.2) is 0 Å². The van der Waals surface area contributed by atoms with Crippen LogP contribution in [0.2, 0.25) is 0 Å². The number of Topliss-reactive ketones (excluding diaryl/α,β-unsaturated/α-hetero) is 1. The van der Waals surface area contributed by atoms with Crippen molar-refractivity contribution in [1.29, 1.82) is 0 Å². The van der Waals surface area contributed by atoms with Crippen molar-refractivity contribution >= 4 is 5.78 Å². The van der Waals surface area contributed by atoms with Gasteiger partial charge < -0.3 is 0 Å². The third kappa shape index (κ3) is 3.38. The summed E-state index contributed by atoms with van der Waals surface area (Å²) >= 11 is 0. The fraction of sp³-hybridized carbons (Fsp3) is 0.893. The lowest BCUT2D eigenvalue weighted by molar-refractivity contribution is -0.129. The molecule has 4 aliphatic rings. The average molecular weight is 399 g/mol. The van der Waals surface area contributed by atoms with Crippen LogP contribution < -0.4 is 0 Å². The molecule has 0 N–H and O–H groups in total. The van der Waals surface area contributed by atoms with Crippen LogP contribution in [0.15, 0.2) is 11.1 Å². The van der Waals surface area contributed by atoms with Crippen LogP contribution in [-0.2, 0) is 4.79 Å². The average Bonchev–Trinajstić information content (AvgIpc) is 2.99. The second-order valence-corrected chi connectivity index (χ2v) is 12.7. The Morgan fingerprint density at radius 1 is 0.931 bits per heavy atom. The summed E-state index contributed by atoms with van der Waals surface area (Å²) < 4.78 is 0. The van der Waals surface area contributed by atoms with Crippen LogP contribution in [-0.4, -0.2) is 5.78 Å². The fourth-order valence-corrected chi connectivity index (χ4v) is 8.60. The van der Waals surface area contributed by atoms with Gasteiger partial charge in [0, 0.05) is 12.8 Å². The molecule has 0 aromatic rings. The summed E-state index contributed by atoms with van der Waals surface area (Å²) in [7, 11) is 0. The predicted molar refractivity (Wildman–Crippen MR) is 123 cm³/mol. The first-order chi connectivity index (χ1) is 13.6. The minimum Gasteiger partial charge on any atom is -0.300 e. The number of carbonyl (C=O) groups is 1. The molecule has 29 heavy (non-hydrogen) atoms. The van der Waals surface area contributed by atoms with E-state index in [9.17, 15) is 4.79 Å². The zero-order valence-electron chi connectivity index (χ0n) is 20.2. The van der Waals surface area contributed by atoms with Crippen molar-refractivity contribution < 1.29 is 4.79 Å². The largest absolute Gasteiger partial charge is 0.300 e. The molecular formula is C28H46O. The van der Waals surface area contributed by atoms with Gasteiger partial charge in [0.2, 0.25) is 0 Å². The first-order valence-electron chi connectivity index (χ1n) is 12.8. The molecule has 0 heterocycles. The highest BCUT2D eigenvalue weighted by atomic mass is 16.1. The maximum Gasteiger partial charge on any atom is 0.133 e. The number of rotatable bonds is 5. The molecular weight excluding hydrogens is 352 g/mol. The molecule has 4 rings (SSSR count). The van der Waals surface area contributed by atoms with Crippen molar-refractivity contribution in [3.05, 3.63) is 11.1 Å². The van der Waals surface area contributed by atoms with E-state index in [0.29, 0.717) is 11.2 Å². The molecule has 0 saturated heterocycles. The van der Waals surface area contributed by atoms with Gasteiger partial charge in [-0.2, -0.15) is 0 Å². The summed E-state index contributed by atoms with van der Waals surface area (Å²) in [5, 5.41) is 0. The second-order valence-electron chi connectivity index (χ2n) is 12.7. The summed E-state index contributed by atoms with van der Waals surface area (Å²) in [6.07, 6.45) is 15.1. The van der Waals surface area contributed by atoms with E-state index in [-0.39, 0.29) is 10.8 Å². The molecule has 6 atom stereocenters. The van der Waals surface area contributed by atoms with Crippen LogP contribution >= 0.6 is 0 Å². The van der Waals surface area contributed by atoms with Gasteiger partial charge >= 0.3 is 0 Å². The summed E-state index contributed by atoms with van der Waals surface area (Å²) in [5.74, 6) is 4.00. The Labute approximate surface area is 180 Å². The molecule has 0 spiro atoms. The van der Waals surface area contributed by atoms with Crippen LogP contribution in [0.3, 0.4) is 0 Å². The topological polar surface area (TPSA) is 17.1 Å². The molecule has 0 bridgehead atoms. The minimum absolute atomic E-state index is 0.219. The molecule has 0 amide bonds. The quantitative estimate of drug-likeness (QED) is 0.427. The molecule has 2 saturated carbocycles. The van der Waals surface area contributed by atoms with Gasteiger partial charge in [-0.3, -0.25) is 4.79 Å². The molecule has 0 unspecified atom stereocenters. The number of allylic oxidation sites excluding steroid dienone is 2. The van der Waals surface area contributed by atoms with Crippen molar-refractivity contribution in [3.63, 3.8) is 0 Å². The van der Waals surface area contributed by atoms with Gasteiger partial charge in [-0.15, -0.1) is 0 Å². The number of hydrogen-bond acceptors (Lipinski definition) is 1. The fourth-order valence-electron chi connectivity index (χ4n) is 8.60. The Hall–Kier alpha value is -0.590. The van der Waals surface area contributed by atoms with Crippen LogP contribution in [0.4, 0.5) is 0 Å². The van der Waals surface area contributed by atoms with Crippen molar-refractivity contribution in [1.82, 2.24) is 0 Å². The molecule has 0 aromatic carbocycles. The number of hydrogen-bond donors (Lipinski definition) is 0. The smallest absolute Gasteiger partial charge is 0.133 e. The van der Waals surface area contributed by atoms with Gasteiger partial charge in [-0.1, -0.05) is 72.0 Å². The van der Waals surface area contributed by atoms with Crippen molar-refractivity contribution in [2.75, 3.05) is 0 Å². The zero-order chi connectivity index (χ0) is 21.0. The van der Waals surface area contributed by atoms with Crippen molar-refractivity contribution in [3.8, 4) is 0 Å². The zero-order valence-corrected chi connectivity index (χ0v) is 20.2. The highest BCUT2D eigenvalue weighted by Gasteiger charge is 2.58. The van der Waals surface area contributed by atoms with Gasteiger partial charge in [0.15, 0.2) is 0 Å². The standard InChI is InChI=1S/C28H46O/c1-19(2)8-7-9-20(3)23-10-11-24-22-13-15-26(4)18-21(29)12-17-28(26,6)25(22)14-16-27(23,24)5/h19-20,23-24H,7-18H2,1-6H3/t20-,23-,24+,26+,27-,28-/m1/s1. The van der Waals surface area contributed by atoms with E-state index in [1.54, 1.807) is 0 Å². The molecule has 0 aromatic heterocycles. The van der Waals surface area contributed by atoms with Crippen molar-refractivity contribution in [2.45, 2.75) is 119 Å².